The summed E-state index contributed by atoms with van der Waals surface area (Å²) in [5.41, 5.74) is 17.5. The third-order valence-electron chi connectivity index (χ3n) is 10.4. The Morgan fingerprint density at radius 2 is 0.900 bits per heavy atom. The van der Waals surface area contributed by atoms with E-state index in [0.29, 0.717) is 0 Å². The third-order valence-corrected chi connectivity index (χ3v) is 10.4. The van der Waals surface area contributed by atoms with Gasteiger partial charge in [-0.05, 0) is 103 Å². The van der Waals surface area contributed by atoms with Crippen molar-refractivity contribution in [3.8, 4) is 44.5 Å². The molecule has 0 spiro atoms. The van der Waals surface area contributed by atoms with Gasteiger partial charge in [0.25, 0.3) is 0 Å². The molecule has 0 heterocycles. The Morgan fingerprint density at radius 1 is 0.420 bits per heavy atom. The van der Waals surface area contributed by atoms with Gasteiger partial charge in [0.05, 0.1) is 0 Å². The molecule has 8 rings (SSSR count). The third kappa shape index (κ3) is 5.53. The van der Waals surface area contributed by atoms with Crippen molar-refractivity contribution in [3.05, 3.63) is 187 Å². The number of hydrogen-bond donors (Lipinski definition) is 0. The number of benzene rings is 7. The number of rotatable bonds is 6. The van der Waals surface area contributed by atoms with Crippen molar-refractivity contribution < 1.29 is 0 Å². The van der Waals surface area contributed by atoms with Crippen LogP contribution in [0.25, 0.3) is 44.5 Å². The van der Waals surface area contributed by atoms with Crippen LogP contribution in [-0.4, -0.2) is 0 Å². The standard InChI is InChI=1S/C49H43N/c1-48(2,3)45-33-38(35-17-10-7-11-18-35)27-32-46(45)50(39-28-23-36(24-29-39)34-15-8-6-9-16-34)40-30-25-37(26-31-40)41-20-14-22-44-47(41)42-19-12-13-21-43(42)49(44,4)5/h6-33H,1-5H3. The highest BCUT2D eigenvalue weighted by atomic mass is 15.1. The SMILES string of the molecule is CC(C)(C)c1cc(-c2ccccc2)ccc1N(c1ccc(-c2ccccc2)cc1)c1ccc(-c2cccc3c2-c2ccccc2C3(C)C)cc1. The molecule has 0 bridgehead atoms. The van der Waals surface area contributed by atoms with Crippen molar-refractivity contribution in [2.24, 2.45) is 0 Å². The van der Waals surface area contributed by atoms with Gasteiger partial charge in [0.2, 0.25) is 0 Å². The minimum absolute atomic E-state index is 0.0279. The zero-order valence-electron chi connectivity index (χ0n) is 29.6. The Morgan fingerprint density at radius 3 is 1.52 bits per heavy atom. The minimum atomic E-state index is -0.0902. The average Bonchev–Trinajstić information content (AvgIpc) is 3.39. The molecule has 0 amide bonds. The molecule has 244 valence electrons. The van der Waals surface area contributed by atoms with Crippen LogP contribution in [0, 0.1) is 0 Å². The van der Waals surface area contributed by atoms with Crippen LogP contribution in [0.3, 0.4) is 0 Å². The van der Waals surface area contributed by atoms with E-state index in [1.807, 2.05) is 0 Å². The van der Waals surface area contributed by atoms with E-state index in [1.54, 1.807) is 0 Å². The maximum absolute atomic E-state index is 2.43. The van der Waals surface area contributed by atoms with Gasteiger partial charge in [0.1, 0.15) is 0 Å². The smallest absolute Gasteiger partial charge is 0.0499 e. The van der Waals surface area contributed by atoms with Crippen LogP contribution in [0.1, 0.15) is 51.3 Å². The van der Waals surface area contributed by atoms with Crippen molar-refractivity contribution in [2.45, 2.75) is 45.4 Å². The van der Waals surface area contributed by atoms with E-state index in [0.717, 1.165) is 11.4 Å². The van der Waals surface area contributed by atoms with Crippen molar-refractivity contribution in [3.63, 3.8) is 0 Å². The van der Waals surface area contributed by atoms with Crippen molar-refractivity contribution in [1.82, 2.24) is 0 Å². The molecule has 7 aromatic rings. The molecule has 50 heavy (non-hydrogen) atoms. The average molecular weight is 646 g/mol. The van der Waals surface area contributed by atoms with Gasteiger partial charge in [-0.15, -0.1) is 0 Å². The lowest BCUT2D eigenvalue weighted by atomic mass is 9.82. The molecular formula is C49H43N. The summed E-state index contributed by atoms with van der Waals surface area (Å²) in [6.07, 6.45) is 0. The van der Waals surface area contributed by atoms with Gasteiger partial charge in [-0.2, -0.15) is 0 Å². The van der Waals surface area contributed by atoms with Crippen LogP contribution < -0.4 is 4.90 Å². The minimum Gasteiger partial charge on any atom is -0.310 e. The summed E-state index contributed by atoms with van der Waals surface area (Å²) in [4.78, 5) is 2.43. The second-order valence-electron chi connectivity index (χ2n) is 15.0. The summed E-state index contributed by atoms with van der Waals surface area (Å²) in [7, 11) is 0. The first-order chi connectivity index (χ1) is 24.2. The Labute approximate surface area is 297 Å². The molecule has 0 N–H and O–H groups in total. The normalized spacial score (nSPS) is 13.1. The predicted molar refractivity (Wildman–Crippen MR) is 214 cm³/mol. The fraction of sp³-hybridized carbons (Fsp3) is 0.143. The molecule has 1 nitrogen and oxygen atoms in total. The maximum Gasteiger partial charge on any atom is 0.0499 e. The molecule has 1 aliphatic carbocycles. The summed E-state index contributed by atoms with van der Waals surface area (Å²) in [6.45, 7) is 11.6. The van der Waals surface area contributed by atoms with Crippen LogP contribution in [0.15, 0.2) is 170 Å². The lowest BCUT2D eigenvalue weighted by Gasteiger charge is -2.32. The van der Waals surface area contributed by atoms with E-state index in [9.17, 15) is 0 Å². The first-order valence-electron chi connectivity index (χ1n) is 17.7. The van der Waals surface area contributed by atoms with Gasteiger partial charge in [-0.25, -0.2) is 0 Å². The Balaban J connectivity index is 1.26. The van der Waals surface area contributed by atoms with Crippen molar-refractivity contribution >= 4 is 17.1 Å². The predicted octanol–water partition coefficient (Wildman–Crippen LogP) is 13.8. The Bertz CT molecular complexity index is 2290. The highest BCUT2D eigenvalue weighted by Gasteiger charge is 2.36. The zero-order valence-corrected chi connectivity index (χ0v) is 29.6. The Hall–Kier alpha value is -5.66. The van der Waals surface area contributed by atoms with E-state index < -0.39 is 0 Å². The molecule has 1 aliphatic rings. The Kier molecular flexibility index (Phi) is 7.80. The molecule has 0 fully saturated rings. The van der Waals surface area contributed by atoms with Crippen LogP contribution in [0.2, 0.25) is 0 Å². The van der Waals surface area contributed by atoms with Gasteiger partial charge < -0.3 is 4.90 Å². The zero-order chi connectivity index (χ0) is 34.5. The molecule has 7 aromatic carbocycles. The molecule has 0 saturated carbocycles. The summed E-state index contributed by atoms with van der Waals surface area (Å²) >= 11 is 0. The monoisotopic (exact) mass is 645 g/mol. The first kappa shape index (κ1) is 31.6. The summed E-state index contributed by atoms with van der Waals surface area (Å²) < 4.78 is 0. The molecule has 0 aromatic heterocycles. The van der Waals surface area contributed by atoms with E-state index in [2.05, 4.69) is 209 Å². The van der Waals surface area contributed by atoms with Gasteiger partial charge in [0.15, 0.2) is 0 Å². The molecule has 0 radical (unpaired) electrons. The second kappa shape index (κ2) is 12.3. The second-order valence-corrected chi connectivity index (χ2v) is 15.0. The fourth-order valence-electron chi connectivity index (χ4n) is 7.79. The molecule has 0 saturated heterocycles. The first-order valence-corrected chi connectivity index (χ1v) is 17.7. The lowest BCUT2D eigenvalue weighted by molar-refractivity contribution is 0.591. The lowest BCUT2D eigenvalue weighted by Crippen LogP contribution is -2.19. The summed E-state index contributed by atoms with van der Waals surface area (Å²) in [6, 6.07) is 62.2. The molecule has 1 heteroatoms. The molecular weight excluding hydrogens is 603 g/mol. The topological polar surface area (TPSA) is 3.24 Å². The van der Waals surface area contributed by atoms with Gasteiger partial charge >= 0.3 is 0 Å². The molecule has 0 unspecified atom stereocenters. The van der Waals surface area contributed by atoms with Crippen LogP contribution in [-0.2, 0) is 10.8 Å². The summed E-state index contributed by atoms with van der Waals surface area (Å²) in [5.74, 6) is 0. The van der Waals surface area contributed by atoms with Gasteiger partial charge in [-0.1, -0.05) is 168 Å². The van der Waals surface area contributed by atoms with Crippen LogP contribution in [0.5, 0.6) is 0 Å². The van der Waals surface area contributed by atoms with E-state index in [1.165, 1.54) is 66.9 Å². The summed E-state index contributed by atoms with van der Waals surface area (Å²) in [5, 5.41) is 0. The number of anilines is 3. The van der Waals surface area contributed by atoms with Gasteiger partial charge in [-0.3, -0.25) is 0 Å². The van der Waals surface area contributed by atoms with Crippen LogP contribution >= 0.6 is 0 Å². The van der Waals surface area contributed by atoms with E-state index in [4.69, 9.17) is 0 Å². The largest absolute Gasteiger partial charge is 0.310 e. The highest BCUT2D eigenvalue weighted by Crippen LogP contribution is 2.52. The number of fused-ring (bicyclic) bond motifs is 3. The maximum atomic E-state index is 2.43. The van der Waals surface area contributed by atoms with Crippen molar-refractivity contribution in [2.75, 3.05) is 4.90 Å². The van der Waals surface area contributed by atoms with E-state index in [-0.39, 0.29) is 10.8 Å². The van der Waals surface area contributed by atoms with Crippen molar-refractivity contribution in [1.29, 1.82) is 0 Å². The number of nitrogens with zero attached hydrogens (tertiary/aromatic N) is 1. The molecule has 0 aliphatic heterocycles. The van der Waals surface area contributed by atoms with Gasteiger partial charge in [0, 0.05) is 22.5 Å². The van der Waals surface area contributed by atoms with E-state index >= 15 is 0 Å². The molecule has 0 atom stereocenters. The van der Waals surface area contributed by atoms with Crippen LogP contribution in [0.4, 0.5) is 17.1 Å². The quantitative estimate of drug-likeness (QED) is 0.174. The number of hydrogen-bond acceptors (Lipinski definition) is 1. The fourth-order valence-corrected chi connectivity index (χ4v) is 7.79. The highest BCUT2D eigenvalue weighted by molar-refractivity contribution is 5.93.